The smallest absolute Gasteiger partial charge is 0.313 e. The highest BCUT2D eigenvalue weighted by atomic mass is 35.5. The summed E-state index contributed by atoms with van der Waals surface area (Å²) in [6.45, 7) is 3.42. The van der Waals surface area contributed by atoms with Crippen molar-refractivity contribution in [1.29, 1.82) is 5.26 Å². The van der Waals surface area contributed by atoms with Gasteiger partial charge in [0.2, 0.25) is 5.75 Å². The summed E-state index contributed by atoms with van der Waals surface area (Å²) in [5.74, 6) is 0.249. The van der Waals surface area contributed by atoms with E-state index >= 15 is 0 Å². The number of benzene rings is 1. The molecule has 0 amide bonds. The standard InChI is InChI=1S/C14H10ClN3O3/c1-8-5-14(11(7-16)9(2)17-8)21-13-4-3-10(15)6-12(13)18(19)20/h3-6H,1-2H3. The van der Waals surface area contributed by atoms with E-state index in [1.54, 1.807) is 19.9 Å². The number of nitro benzene ring substituents is 1. The zero-order chi connectivity index (χ0) is 15.6. The molecule has 2 aromatic rings. The highest BCUT2D eigenvalue weighted by molar-refractivity contribution is 6.30. The molecule has 0 aliphatic rings. The van der Waals surface area contributed by atoms with Gasteiger partial charge in [0.05, 0.1) is 10.6 Å². The summed E-state index contributed by atoms with van der Waals surface area (Å²) in [4.78, 5) is 14.6. The lowest BCUT2D eigenvalue weighted by molar-refractivity contribution is -0.385. The molecule has 6 nitrogen and oxygen atoms in total. The Morgan fingerprint density at radius 2 is 2.05 bits per heavy atom. The Balaban J connectivity index is 2.53. The molecule has 0 atom stereocenters. The zero-order valence-corrected chi connectivity index (χ0v) is 12.0. The number of halogens is 1. The summed E-state index contributed by atoms with van der Waals surface area (Å²) in [5.41, 5.74) is 1.13. The van der Waals surface area contributed by atoms with Crippen molar-refractivity contribution in [2.75, 3.05) is 0 Å². The third kappa shape index (κ3) is 3.09. The van der Waals surface area contributed by atoms with Crippen molar-refractivity contribution >= 4 is 17.3 Å². The fourth-order valence-corrected chi connectivity index (χ4v) is 2.01. The fourth-order valence-electron chi connectivity index (χ4n) is 1.85. The zero-order valence-electron chi connectivity index (χ0n) is 11.3. The van der Waals surface area contributed by atoms with Crippen LogP contribution in [-0.4, -0.2) is 9.91 Å². The third-order valence-electron chi connectivity index (χ3n) is 2.74. The lowest BCUT2D eigenvalue weighted by Gasteiger charge is -2.10. The molecule has 0 aliphatic carbocycles. The van der Waals surface area contributed by atoms with E-state index in [0.29, 0.717) is 11.4 Å². The first kappa shape index (κ1) is 14.8. The van der Waals surface area contributed by atoms with Crippen molar-refractivity contribution in [2.45, 2.75) is 13.8 Å². The Bertz CT molecular complexity index is 769. The number of aryl methyl sites for hydroxylation is 2. The van der Waals surface area contributed by atoms with Crippen molar-refractivity contribution in [3.05, 3.63) is 56.4 Å². The lowest BCUT2D eigenvalue weighted by Crippen LogP contribution is -1.98. The highest BCUT2D eigenvalue weighted by Gasteiger charge is 2.19. The summed E-state index contributed by atoms with van der Waals surface area (Å²) >= 11 is 5.75. The van der Waals surface area contributed by atoms with Gasteiger partial charge in [0, 0.05) is 22.8 Å². The van der Waals surface area contributed by atoms with Crippen LogP contribution in [0.2, 0.25) is 5.02 Å². The number of hydrogen-bond donors (Lipinski definition) is 0. The van der Waals surface area contributed by atoms with E-state index in [1.807, 2.05) is 6.07 Å². The van der Waals surface area contributed by atoms with E-state index in [0.717, 1.165) is 0 Å². The van der Waals surface area contributed by atoms with Crippen LogP contribution in [-0.2, 0) is 0 Å². The molecule has 0 aliphatic heterocycles. The number of ether oxygens (including phenoxy) is 1. The Morgan fingerprint density at radius 3 is 2.67 bits per heavy atom. The van der Waals surface area contributed by atoms with Gasteiger partial charge in [0.15, 0.2) is 0 Å². The molecule has 0 unspecified atom stereocenters. The monoisotopic (exact) mass is 303 g/mol. The van der Waals surface area contributed by atoms with Gasteiger partial charge in [0.25, 0.3) is 0 Å². The third-order valence-corrected chi connectivity index (χ3v) is 2.98. The summed E-state index contributed by atoms with van der Waals surface area (Å²) in [7, 11) is 0. The number of nitriles is 1. The van der Waals surface area contributed by atoms with Crippen LogP contribution < -0.4 is 4.74 Å². The quantitative estimate of drug-likeness (QED) is 0.633. The minimum Gasteiger partial charge on any atom is -0.449 e. The average molecular weight is 304 g/mol. The Kier molecular flexibility index (Phi) is 4.05. The van der Waals surface area contributed by atoms with Crippen LogP contribution >= 0.6 is 11.6 Å². The molecule has 21 heavy (non-hydrogen) atoms. The molecule has 0 spiro atoms. The second-order valence-electron chi connectivity index (χ2n) is 4.31. The first-order chi connectivity index (χ1) is 9.92. The van der Waals surface area contributed by atoms with Gasteiger partial charge in [-0.3, -0.25) is 15.1 Å². The summed E-state index contributed by atoms with van der Waals surface area (Å²) < 4.78 is 5.55. The molecular formula is C14H10ClN3O3. The van der Waals surface area contributed by atoms with Crippen molar-refractivity contribution in [2.24, 2.45) is 0 Å². The predicted octanol–water partition coefficient (Wildman–Crippen LogP) is 3.92. The molecular weight excluding hydrogens is 294 g/mol. The number of nitrogens with zero attached hydrogens (tertiary/aromatic N) is 3. The largest absolute Gasteiger partial charge is 0.449 e. The first-order valence-electron chi connectivity index (χ1n) is 5.92. The van der Waals surface area contributed by atoms with Gasteiger partial charge >= 0.3 is 5.69 Å². The van der Waals surface area contributed by atoms with Crippen LogP contribution in [0.25, 0.3) is 0 Å². The molecule has 0 radical (unpaired) electrons. The second-order valence-corrected chi connectivity index (χ2v) is 4.74. The minimum absolute atomic E-state index is 0.0194. The van der Waals surface area contributed by atoms with Crippen LogP contribution in [0.1, 0.15) is 17.0 Å². The van der Waals surface area contributed by atoms with E-state index < -0.39 is 4.92 Å². The summed E-state index contributed by atoms with van der Waals surface area (Å²) in [5, 5.41) is 20.4. The number of aromatic nitrogens is 1. The van der Waals surface area contributed by atoms with Crippen molar-refractivity contribution < 1.29 is 9.66 Å². The first-order valence-corrected chi connectivity index (χ1v) is 6.30. The van der Waals surface area contributed by atoms with E-state index in [9.17, 15) is 10.1 Å². The van der Waals surface area contributed by atoms with Crippen molar-refractivity contribution in [3.63, 3.8) is 0 Å². The van der Waals surface area contributed by atoms with Crippen LogP contribution in [0.5, 0.6) is 11.5 Å². The second kappa shape index (κ2) is 5.77. The van der Waals surface area contributed by atoms with Gasteiger partial charge in [-0.05, 0) is 26.0 Å². The van der Waals surface area contributed by atoms with Crippen LogP contribution in [0.4, 0.5) is 5.69 Å². The number of rotatable bonds is 3. The summed E-state index contributed by atoms with van der Waals surface area (Å²) in [6, 6.07) is 7.62. The van der Waals surface area contributed by atoms with E-state index in [-0.39, 0.29) is 27.8 Å². The number of hydrogen-bond acceptors (Lipinski definition) is 5. The van der Waals surface area contributed by atoms with Gasteiger partial charge in [-0.1, -0.05) is 11.6 Å². The van der Waals surface area contributed by atoms with Crippen LogP contribution in [0.3, 0.4) is 0 Å². The van der Waals surface area contributed by atoms with Crippen molar-refractivity contribution in [1.82, 2.24) is 4.98 Å². The molecule has 2 rings (SSSR count). The maximum atomic E-state index is 11.0. The van der Waals surface area contributed by atoms with Crippen molar-refractivity contribution in [3.8, 4) is 17.6 Å². The maximum Gasteiger partial charge on any atom is 0.313 e. The lowest BCUT2D eigenvalue weighted by atomic mass is 10.2. The highest BCUT2D eigenvalue weighted by Crippen LogP contribution is 2.35. The van der Waals surface area contributed by atoms with Crippen LogP contribution in [0, 0.1) is 35.3 Å². The minimum atomic E-state index is -0.589. The van der Waals surface area contributed by atoms with Gasteiger partial charge in [-0.2, -0.15) is 5.26 Å². The SMILES string of the molecule is Cc1cc(Oc2ccc(Cl)cc2[N+](=O)[O-])c(C#N)c(C)n1. The Labute approximate surface area is 125 Å². The maximum absolute atomic E-state index is 11.0. The molecule has 0 saturated heterocycles. The molecule has 7 heteroatoms. The van der Waals surface area contributed by atoms with E-state index in [4.69, 9.17) is 21.6 Å². The molecule has 1 heterocycles. The fraction of sp³-hybridized carbons (Fsp3) is 0.143. The summed E-state index contributed by atoms with van der Waals surface area (Å²) in [6.07, 6.45) is 0. The van der Waals surface area contributed by atoms with E-state index in [1.165, 1.54) is 18.2 Å². The van der Waals surface area contributed by atoms with Gasteiger partial charge in [0.1, 0.15) is 17.4 Å². The molecule has 0 N–H and O–H groups in total. The molecule has 0 bridgehead atoms. The molecule has 1 aromatic heterocycles. The molecule has 0 saturated carbocycles. The van der Waals surface area contributed by atoms with Gasteiger partial charge in [-0.15, -0.1) is 0 Å². The molecule has 1 aromatic carbocycles. The normalized spacial score (nSPS) is 10.0. The topological polar surface area (TPSA) is 89.0 Å². The number of pyridine rings is 1. The Hall–Kier alpha value is -2.65. The predicted molar refractivity (Wildman–Crippen MR) is 76.6 cm³/mol. The number of nitro groups is 1. The van der Waals surface area contributed by atoms with Gasteiger partial charge in [-0.25, -0.2) is 0 Å². The molecule has 106 valence electrons. The van der Waals surface area contributed by atoms with E-state index in [2.05, 4.69) is 4.98 Å². The van der Waals surface area contributed by atoms with Gasteiger partial charge < -0.3 is 4.74 Å². The van der Waals surface area contributed by atoms with Crippen LogP contribution in [0.15, 0.2) is 24.3 Å². The molecule has 0 fully saturated rings. The average Bonchev–Trinajstić information content (AvgIpc) is 2.40. The Morgan fingerprint density at radius 1 is 1.33 bits per heavy atom.